The van der Waals surface area contributed by atoms with Gasteiger partial charge in [-0.2, -0.15) is 0 Å². The predicted octanol–water partition coefficient (Wildman–Crippen LogP) is 3.43. The number of benzene rings is 1. The van der Waals surface area contributed by atoms with Crippen molar-refractivity contribution in [1.82, 2.24) is 0 Å². The number of esters is 1. The Labute approximate surface area is 107 Å². The molecule has 0 N–H and O–H groups in total. The van der Waals surface area contributed by atoms with Crippen LogP contribution in [0.5, 0.6) is 5.75 Å². The van der Waals surface area contributed by atoms with Crippen LogP contribution >= 0.6 is 0 Å². The monoisotopic (exact) mass is 253 g/mol. The first kappa shape index (κ1) is 15.8. The molecular weight excluding hydrogens is 232 g/mol. The van der Waals surface area contributed by atoms with Crippen LogP contribution in [0.3, 0.4) is 0 Å². The van der Waals surface area contributed by atoms with Gasteiger partial charge in [-0.25, -0.2) is 4.79 Å². The predicted molar refractivity (Wildman–Crippen MR) is 75.7 cm³/mol. The van der Waals surface area contributed by atoms with E-state index in [1.54, 1.807) is 6.92 Å². The third-order valence-electron chi connectivity index (χ3n) is 1.85. The van der Waals surface area contributed by atoms with Crippen LogP contribution in [-0.4, -0.2) is 18.5 Å². The Kier molecular flexibility index (Phi) is 7.39. The number of hydrogen-bond donors (Lipinski definition) is 0. The molecule has 0 fully saturated rings. The summed E-state index contributed by atoms with van der Waals surface area (Å²) in [5.74, 6) is 0.187. The maximum Gasteiger partial charge on any atom is 0.338 e. The molecule has 2 nitrogen and oxygen atoms in total. The molecule has 94 valence electrons. The quantitative estimate of drug-likeness (QED) is 0.357. The van der Waals surface area contributed by atoms with Gasteiger partial charge in [-0.1, -0.05) is 20.4 Å². The fourth-order valence-corrected chi connectivity index (χ4v) is 1.65. The van der Waals surface area contributed by atoms with Crippen LogP contribution in [0.1, 0.15) is 20.8 Å². The van der Waals surface area contributed by atoms with Gasteiger partial charge in [0.05, 0.1) is 0 Å². The van der Waals surface area contributed by atoms with Crippen LogP contribution in [0.25, 0.3) is 0 Å². The van der Waals surface area contributed by atoms with Crippen LogP contribution in [0.2, 0.25) is 0 Å². The highest BCUT2D eigenvalue weighted by atomic mass is 32.2. The molecule has 1 aromatic rings. The molecule has 0 atom stereocenters. The van der Waals surface area contributed by atoms with E-state index in [4.69, 9.17) is 4.74 Å². The largest absolute Gasteiger partial charge is 0.423 e. The van der Waals surface area contributed by atoms with Gasteiger partial charge in [0, 0.05) is 16.5 Å². The minimum atomic E-state index is -0.380. The fraction of sp³-hybridized carbons (Fsp3) is 0.357. The van der Waals surface area contributed by atoms with Gasteiger partial charge in [-0.15, -0.1) is 0 Å². The fourth-order valence-electron chi connectivity index (χ4n) is 0.974. The average molecular weight is 253 g/mol. The first-order chi connectivity index (χ1) is 8.00. The second-order valence-electron chi connectivity index (χ2n) is 3.46. The van der Waals surface area contributed by atoms with E-state index in [1.807, 2.05) is 38.1 Å². The smallest absolute Gasteiger partial charge is 0.338 e. The zero-order valence-corrected chi connectivity index (χ0v) is 12.1. The van der Waals surface area contributed by atoms with Crippen LogP contribution < -0.4 is 4.74 Å². The minimum absolute atomic E-state index is 0.233. The third kappa shape index (κ3) is 5.59. The van der Waals surface area contributed by atoms with E-state index in [1.165, 1.54) is 4.90 Å². The maximum atomic E-state index is 11.2. The van der Waals surface area contributed by atoms with E-state index in [2.05, 4.69) is 19.1 Å². The van der Waals surface area contributed by atoms with E-state index in [9.17, 15) is 4.79 Å². The highest BCUT2D eigenvalue weighted by molar-refractivity contribution is 7.95. The molecule has 0 aliphatic carbocycles. The lowest BCUT2D eigenvalue weighted by Gasteiger charge is -2.03. The van der Waals surface area contributed by atoms with Crippen molar-refractivity contribution < 1.29 is 9.53 Å². The highest BCUT2D eigenvalue weighted by Crippen LogP contribution is 2.16. The Morgan fingerprint density at radius 3 is 2.00 bits per heavy atom. The Hall–Kier alpha value is -1.22. The van der Waals surface area contributed by atoms with Crippen molar-refractivity contribution in [2.75, 3.05) is 12.5 Å². The molecule has 0 radical (unpaired) electrons. The SMILES string of the molecule is C=C(C)C(=O)Oc1ccc([S+](C)C)cc1.CC. The topological polar surface area (TPSA) is 26.3 Å². The first-order valence-electron chi connectivity index (χ1n) is 5.56. The molecule has 0 spiro atoms. The molecular formula is C14H21O2S+. The van der Waals surface area contributed by atoms with Crippen molar-refractivity contribution in [3.05, 3.63) is 36.4 Å². The number of carbonyl (C=O) groups excluding carboxylic acids is 1. The molecule has 0 amide bonds. The lowest BCUT2D eigenvalue weighted by atomic mass is 10.3. The molecule has 0 saturated heterocycles. The van der Waals surface area contributed by atoms with Crippen LogP contribution in [0.4, 0.5) is 0 Å². The Bertz CT molecular complexity index is 366. The highest BCUT2D eigenvalue weighted by Gasteiger charge is 2.09. The maximum absolute atomic E-state index is 11.2. The third-order valence-corrected chi connectivity index (χ3v) is 3.07. The standard InChI is InChI=1S/C12H15O2S.C2H6/c1-9(2)12(13)14-10-5-7-11(8-6-10)15(3)4;1-2/h5-8H,1H2,2-4H3;1-2H3/q+1;. The van der Waals surface area contributed by atoms with E-state index < -0.39 is 0 Å². The lowest BCUT2D eigenvalue weighted by molar-refractivity contribution is -0.130. The molecule has 0 heterocycles. The van der Waals surface area contributed by atoms with Gasteiger partial charge >= 0.3 is 5.97 Å². The molecule has 0 aromatic heterocycles. The van der Waals surface area contributed by atoms with E-state index in [0.29, 0.717) is 11.3 Å². The summed E-state index contributed by atoms with van der Waals surface area (Å²) in [5, 5.41) is 0. The summed E-state index contributed by atoms with van der Waals surface area (Å²) in [6.07, 6.45) is 4.30. The summed E-state index contributed by atoms with van der Waals surface area (Å²) < 4.78 is 5.08. The van der Waals surface area contributed by atoms with E-state index in [-0.39, 0.29) is 16.9 Å². The van der Waals surface area contributed by atoms with Crippen molar-refractivity contribution in [2.24, 2.45) is 0 Å². The van der Waals surface area contributed by atoms with E-state index in [0.717, 1.165) is 0 Å². The normalized spacial score (nSPS) is 9.29. The van der Waals surface area contributed by atoms with Gasteiger partial charge in [0.15, 0.2) is 4.90 Å². The number of rotatable bonds is 3. The Morgan fingerprint density at radius 2 is 1.65 bits per heavy atom. The molecule has 0 bridgehead atoms. The second kappa shape index (κ2) is 7.96. The number of ether oxygens (including phenoxy) is 1. The lowest BCUT2D eigenvalue weighted by Crippen LogP contribution is -2.08. The summed E-state index contributed by atoms with van der Waals surface area (Å²) in [6, 6.07) is 7.57. The summed E-state index contributed by atoms with van der Waals surface area (Å²) in [6.45, 7) is 9.15. The van der Waals surface area contributed by atoms with Gasteiger partial charge in [0.25, 0.3) is 0 Å². The van der Waals surface area contributed by atoms with Crippen molar-refractivity contribution in [3.63, 3.8) is 0 Å². The molecule has 1 rings (SSSR count). The molecule has 1 aromatic carbocycles. The zero-order valence-electron chi connectivity index (χ0n) is 11.2. The van der Waals surface area contributed by atoms with Gasteiger partial charge in [0.2, 0.25) is 0 Å². The van der Waals surface area contributed by atoms with Gasteiger partial charge in [-0.3, -0.25) is 0 Å². The molecule has 0 aliphatic heterocycles. The van der Waals surface area contributed by atoms with Crippen LogP contribution in [-0.2, 0) is 15.7 Å². The number of carbonyl (C=O) groups is 1. The van der Waals surface area contributed by atoms with Crippen molar-refractivity contribution in [2.45, 2.75) is 25.7 Å². The minimum Gasteiger partial charge on any atom is -0.423 e. The van der Waals surface area contributed by atoms with Crippen molar-refractivity contribution >= 4 is 16.9 Å². The summed E-state index contributed by atoms with van der Waals surface area (Å²) in [7, 11) is 0.233. The summed E-state index contributed by atoms with van der Waals surface area (Å²) >= 11 is 0. The first-order valence-corrected chi connectivity index (χ1v) is 7.60. The van der Waals surface area contributed by atoms with E-state index >= 15 is 0 Å². The van der Waals surface area contributed by atoms with Crippen molar-refractivity contribution in [1.29, 1.82) is 0 Å². The number of hydrogen-bond acceptors (Lipinski definition) is 2. The molecule has 17 heavy (non-hydrogen) atoms. The molecule has 0 saturated carbocycles. The summed E-state index contributed by atoms with van der Waals surface area (Å²) in [5.41, 5.74) is 0.407. The zero-order chi connectivity index (χ0) is 13.4. The Balaban J connectivity index is 0.00000121. The molecule has 0 aliphatic rings. The molecule has 0 unspecified atom stereocenters. The van der Waals surface area contributed by atoms with Crippen molar-refractivity contribution in [3.8, 4) is 5.75 Å². The van der Waals surface area contributed by atoms with Gasteiger partial charge in [0.1, 0.15) is 18.3 Å². The average Bonchev–Trinajstić information content (AvgIpc) is 2.32. The van der Waals surface area contributed by atoms with Gasteiger partial charge < -0.3 is 4.74 Å². The molecule has 3 heteroatoms. The van der Waals surface area contributed by atoms with Crippen LogP contribution in [0, 0.1) is 0 Å². The Morgan fingerprint density at radius 1 is 1.18 bits per heavy atom. The van der Waals surface area contributed by atoms with Crippen LogP contribution in [0.15, 0.2) is 41.3 Å². The summed E-state index contributed by atoms with van der Waals surface area (Å²) in [4.78, 5) is 12.5. The second-order valence-corrected chi connectivity index (χ2v) is 5.56. The van der Waals surface area contributed by atoms with Gasteiger partial charge in [-0.05, 0) is 31.2 Å².